The zero-order chi connectivity index (χ0) is 21.0. The summed E-state index contributed by atoms with van der Waals surface area (Å²) in [4.78, 5) is 26.3. The van der Waals surface area contributed by atoms with Gasteiger partial charge in [-0.1, -0.05) is 41.6 Å². The van der Waals surface area contributed by atoms with Crippen LogP contribution >= 0.6 is 23.1 Å². The highest BCUT2D eigenvalue weighted by Crippen LogP contribution is 2.32. The van der Waals surface area contributed by atoms with E-state index in [1.165, 1.54) is 17.0 Å². The minimum Gasteiger partial charge on any atom is -0.326 e. The van der Waals surface area contributed by atoms with Gasteiger partial charge < -0.3 is 5.32 Å². The molecule has 29 heavy (non-hydrogen) atoms. The molecule has 7 nitrogen and oxygen atoms in total. The van der Waals surface area contributed by atoms with Crippen LogP contribution in [0.4, 0.5) is 5.69 Å². The van der Waals surface area contributed by atoms with E-state index in [2.05, 4.69) is 16.3 Å². The third-order valence-corrected chi connectivity index (χ3v) is 7.92. The van der Waals surface area contributed by atoms with Gasteiger partial charge in [0.05, 0.1) is 0 Å². The number of thiophene rings is 1. The summed E-state index contributed by atoms with van der Waals surface area (Å²) in [5.74, 6) is -0.699. The van der Waals surface area contributed by atoms with E-state index in [1.54, 1.807) is 23.6 Å². The Morgan fingerprint density at radius 1 is 1.31 bits per heavy atom. The molecule has 1 aromatic heterocycles. The quantitative estimate of drug-likeness (QED) is 0.655. The second-order valence-corrected chi connectivity index (χ2v) is 10.2. The number of amidine groups is 1. The zero-order valence-corrected chi connectivity index (χ0v) is 18.0. The maximum atomic E-state index is 12.7. The monoisotopic (exact) mass is 449 g/mol. The highest BCUT2D eigenvalue weighted by molar-refractivity contribution is 8.16. The molecular formula is C19H19N3O4S3. The lowest BCUT2D eigenvalue weighted by atomic mass is 10.2. The van der Waals surface area contributed by atoms with E-state index in [1.807, 2.05) is 19.1 Å². The summed E-state index contributed by atoms with van der Waals surface area (Å²) in [5.41, 5.74) is 1.70. The highest BCUT2D eigenvalue weighted by atomic mass is 32.2. The molecule has 0 bridgehead atoms. The summed E-state index contributed by atoms with van der Waals surface area (Å²) in [6.07, 6.45) is 1.39. The van der Waals surface area contributed by atoms with Crippen LogP contribution in [-0.2, 0) is 19.6 Å². The maximum absolute atomic E-state index is 12.7. The molecule has 152 valence electrons. The molecule has 0 aliphatic carbocycles. The average molecular weight is 450 g/mol. The lowest BCUT2D eigenvalue weighted by molar-refractivity contribution is -0.127. The number of carbonyl (C=O) groups is 2. The second kappa shape index (κ2) is 8.93. The topological polar surface area (TPSA) is 95.9 Å². The highest BCUT2D eigenvalue weighted by Gasteiger charge is 2.39. The summed E-state index contributed by atoms with van der Waals surface area (Å²) in [7, 11) is -3.92. The average Bonchev–Trinajstić information content (AvgIpc) is 3.29. The van der Waals surface area contributed by atoms with Gasteiger partial charge in [-0.05, 0) is 30.5 Å². The van der Waals surface area contributed by atoms with Crippen LogP contribution in [0.5, 0.6) is 0 Å². The standard InChI is InChI=1S/C19H19N3O4S3/c1-3-10-22-18(24)15(12-16(23)20-14-8-6-13(2)7-9-14)28-19(22)21-29(25,26)17-5-4-11-27-17/h3-9,11,15H,1,10,12H2,2H3,(H,20,23)/b21-19+. The molecule has 0 saturated carbocycles. The molecule has 1 N–H and O–H groups in total. The minimum atomic E-state index is -3.92. The summed E-state index contributed by atoms with van der Waals surface area (Å²) in [6.45, 7) is 5.66. The number of aryl methyl sites for hydroxylation is 1. The van der Waals surface area contributed by atoms with Crippen molar-refractivity contribution in [1.29, 1.82) is 0 Å². The third-order valence-electron chi connectivity index (χ3n) is 3.99. The van der Waals surface area contributed by atoms with Gasteiger partial charge in [0.2, 0.25) is 11.8 Å². The number of sulfonamides is 1. The van der Waals surface area contributed by atoms with E-state index in [0.29, 0.717) is 5.69 Å². The van der Waals surface area contributed by atoms with Crippen LogP contribution in [0.25, 0.3) is 0 Å². The molecule has 1 saturated heterocycles. The van der Waals surface area contributed by atoms with Crippen molar-refractivity contribution in [1.82, 2.24) is 4.90 Å². The van der Waals surface area contributed by atoms with Gasteiger partial charge in [-0.3, -0.25) is 14.5 Å². The molecule has 2 amide bonds. The Balaban J connectivity index is 1.76. The Labute approximate surface area is 177 Å². The van der Waals surface area contributed by atoms with Crippen LogP contribution in [0, 0.1) is 6.92 Å². The molecule has 1 aliphatic heterocycles. The molecule has 2 aromatic rings. The van der Waals surface area contributed by atoms with E-state index in [0.717, 1.165) is 28.7 Å². The molecule has 0 radical (unpaired) electrons. The van der Waals surface area contributed by atoms with Crippen LogP contribution in [0.3, 0.4) is 0 Å². The Morgan fingerprint density at radius 2 is 2.03 bits per heavy atom. The summed E-state index contributed by atoms with van der Waals surface area (Å²) in [6, 6.07) is 10.4. The normalized spacial score (nSPS) is 18.2. The first kappa shape index (κ1) is 21.3. The first-order valence-electron chi connectivity index (χ1n) is 8.64. The first-order valence-corrected chi connectivity index (χ1v) is 11.8. The van der Waals surface area contributed by atoms with Crippen molar-refractivity contribution in [3.8, 4) is 0 Å². The lowest BCUT2D eigenvalue weighted by Crippen LogP contribution is -2.33. The zero-order valence-electron chi connectivity index (χ0n) is 15.6. The van der Waals surface area contributed by atoms with Crippen LogP contribution in [-0.4, -0.2) is 42.1 Å². The Kier molecular flexibility index (Phi) is 6.56. The van der Waals surface area contributed by atoms with Crippen molar-refractivity contribution >= 4 is 55.8 Å². The molecular weight excluding hydrogens is 430 g/mol. The van der Waals surface area contributed by atoms with Crippen molar-refractivity contribution in [2.24, 2.45) is 4.40 Å². The van der Waals surface area contributed by atoms with E-state index in [-0.39, 0.29) is 34.2 Å². The van der Waals surface area contributed by atoms with Gasteiger partial charge in [-0.2, -0.15) is 8.42 Å². The predicted octanol–water partition coefficient (Wildman–Crippen LogP) is 3.26. The molecule has 0 spiro atoms. The summed E-state index contributed by atoms with van der Waals surface area (Å²) < 4.78 is 28.9. The fraction of sp³-hybridized carbons (Fsp3) is 0.211. The number of thioether (sulfide) groups is 1. The van der Waals surface area contributed by atoms with Gasteiger partial charge >= 0.3 is 0 Å². The largest absolute Gasteiger partial charge is 0.326 e. The number of nitrogens with one attached hydrogen (secondary N) is 1. The predicted molar refractivity (Wildman–Crippen MR) is 117 cm³/mol. The molecule has 1 fully saturated rings. The van der Waals surface area contributed by atoms with Gasteiger partial charge in [-0.15, -0.1) is 22.3 Å². The van der Waals surface area contributed by atoms with Crippen LogP contribution in [0.15, 0.2) is 63.0 Å². The molecule has 1 aromatic carbocycles. The second-order valence-electron chi connectivity index (χ2n) is 6.24. The number of hydrogen-bond acceptors (Lipinski definition) is 6. The Bertz CT molecular complexity index is 1040. The summed E-state index contributed by atoms with van der Waals surface area (Å²) >= 11 is 2.03. The van der Waals surface area contributed by atoms with E-state index >= 15 is 0 Å². The van der Waals surface area contributed by atoms with Gasteiger partial charge in [0.25, 0.3) is 10.0 Å². The number of benzene rings is 1. The first-order chi connectivity index (χ1) is 13.8. The SMILES string of the molecule is C=CCN1C(=O)C(CC(=O)Nc2ccc(C)cc2)S/C1=N/S(=O)(=O)c1cccs1. The number of anilines is 1. The minimum absolute atomic E-state index is 0.0523. The van der Waals surface area contributed by atoms with Crippen LogP contribution in [0.1, 0.15) is 12.0 Å². The molecule has 1 unspecified atom stereocenters. The fourth-order valence-electron chi connectivity index (χ4n) is 2.58. The van der Waals surface area contributed by atoms with Crippen molar-refractivity contribution in [2.45, 2.75) is 22.8 Å². The van der Waals surface area contributed by atoms with Crippen molar-refractivity contribution in [3.05, 3.63) is 60.0 Å². The Hall–Kier alpha value is -2.43. The smallest absolute Gasteiger partial charge is 0.294 e. The number of nitrogens with zero attached hydrogens (tertiary/aromatic N) is 2. The van der Waals surface area contributed by atoms with Crippen molar-refractivity contribution in [3.63, 3.8) is 0 Å². The number of amides is 2. The van der Waals surface area contributed by atoms with Crippen molar-refractivity contribution in [2.75, 3.05) is 11.9 Å². The summed E-state index contributed by atoms with van der Waals surface area (Å²) in [5, 5.41) is 3.69. The maximum Gasteiger partial charge on any atom is 0.294 e. The third kappa shape index (κ3) is 5.14. The van der Waals surface area contributed by atoms with Gasteiger partial charge in [0.15, 0.2) is 5.17 Å². The fourth-order valence-corrected chi connectivity index (χ4v) is 5.92. The van der Waals surface area contributed by atoms with E-state index in [9.17, 15) is 18.0 Å². The lowest BCUT2D eigenvalue weighted by Gasteiger charge is -2.13. The molecule has 10 heteroatoms. The number of carbonyl (C=O) groups excluding carboxylic acids is 2. The molecule has 1 aliphatic rings. The Morgan fingerprint density at radius 3 is 2.66 bits per heavy atom. The molecule has 3 rings (SSSR count). The van der Waals surface area contributed by atoms with E-state index < -0.39 is 15.3 Å². The number of hydrogen-bond donors (Lipinski definition) is 1. The van der Waals surface area contributed by atoms with Crippen molar-refractivity contribution < 1.29 is 18.0 Å². The molecule has 2 heterocycles. The van der Waals surface area contributed by atoms with Gasteiger partial charge in [0, 0.05) is 18.7 Å². The van der Waals surface area contributed by atoms with Crippen LogP contribution in [0.2, 0.25) is 0 Å². The molecule has 1 atom stereocenters. The van der Waals surface area contributed by atoms with Crippen LogP contribution < -0.4 is 5.32 Å². The van der Waals surface area contributed by atoms with Gasteiger partial charge in [-0.25, -0.2) is 0 Å². The van der Waals surface area contributed by atoms with E-state index in [4.69, 9.17) is 0 Å². The number of rotatable bonds is 7. The van der Waals surface area contributed by atoms with Gasteiger partial charge in [0.1, 0.15) is 9.46 Å².